The van der Waals surface area contributed by atoms with Gasteiger partial charge < -0.3 is 10.7 Å². The molecule has 4 N–H and O–H groups in total. The number of nitrogens with zero attached hydrogens (tertiary/aromatic N) is 1. The highest BCUT2D eigenvalue weighted by atomic mass is 16.1. The predicted octanol–water partition coefficient (Wildman–Crippen LogP) is 1.68. The van der Waals surface area contributed by atoms with Crippen LogP contribution in [-0.2, 0) is 0 Å². The van der Waals surface area contributed by atoms with Crippen molar-refractivity contribution in [2.24, 2.45) is 11.8 Å². The summed E-state index contributed by atoms with van der Waals surface area (Å²) in [5.41, 5.74) is 3.62. The number of nitrogen functional groups attached to an aromatic ring is 1. The molecular weight excluding hydrogens is 228 g/mol. The maximum Gasteiger partial charge on any atom is 0.270 e. The summed E-state index contributed by atoms with van der Waals surface area (Å²) in [5, 5.41) is 3.04. The van der Waals surface area contributed by atoms with Crippen molar-refractivity contribution in [1.82, 2.24) is 10.3 Å². The first-order valence-corrected chi connectivity index (χ1v) is 6.42. The zero-order valence-corrected chi connectivity index (χ0v) is 10.6. The molecule has 1 aromatic heterocycles. The number of hydrogen-bond acceptors (Lipinski definition) is 4. The maximum absolute atomic E-state index is 12.0. The Morgan fingerprint density at radius 1 is 1.33 bits per heavy atom. The predicted molar refractivity (Wildman–Crippen MR) is 70.9 cm³/mol. The molecule has 1 saturated carbocycles. The van der Waals surface area contributed by atoms with Gasteiger partial charge in [-0.1, -0.05) is 6.92 Å². The second-order valence-corrected chi connectivity index (χ2v) is 5.01. The fourth-order valence-electron chi connectivity index (χ4n) is 2.28. The fraction of sp³-hybridized carbons (Fsp3) is 0.538. The van der Waals surface area contributed by atoms with E-state index in [1.165, 1.54) is 12.8 Å². The van der Waals surface area contributed by atoms with Crippen LogP contribution in [0.3, 0.4) is 0 Å². The number of aromatic nitrogens is 1. The molecule has 0 radical (unpaired) electrons. The summed E-state index contributed by atoms with van der Waals surface area (Å²) in [7, 11) is 0. The average molecular weight is 248 g/mol. The van der Waals surface area contributed by atoms with Gasteiger partial charge in [0, 0.05) is 6.04 Å². The summed E-state index contributed by atoms with van der Waals surface area (Å²) >= 11 is 0. The molecule has 18 heavy (non-hydrogen) atoms. The van der Waals surface area contributed by atoms with Gasteiger partial charge in [0.1, 0.15) is 5.69 Å². The van der Waals surface area contributed by atoms with Crippen LogP contribution in [0.5, 0.6) is 0 Å². The second kappa shape index (κ2) is 5.82. The molecule has 0 atom stereocenters. The molecule has 0 aliphatic heterocycles. The number of carbonyl (C=O) groups is 1. The third-order valence-corrected chi connectivity index (χ3v) is 3.51. The normalized spacial score (nSPS) is 23.4. The molecule has 0 bridgehead atoms. The Bertz CT molecular complexity index is 396. The second-order valence-electron chi connectivity index (χ2n) is 5.01. The summed E-state index contributed by atoms with van der Waals surface area (Å²) in [5.74, 6) is 5.93. The van der Waals surface area contributed by atoms with E-state index in [1.54, 1.807) is 18.3 Å². The lowest BCUT2D eigenvalue weighted by Crippen LogP contribution is -2.37. The number of carbonyl (C=O) groups excluding carboxylic acids is 1. The molecule has 0 spiro atoms. The van der Waals surface area contributed by atoms with Crippen molar-refractivity contribution in [3.8, 4) is 0 Å². The maximum atomic E-state index is 12.0. The van der Waals surface area contributed by atoms with Crippen molar-refractivity contribution < 1.29 is 4.79 Å². The Morgan fingerprint density at radius 2 is 2.06 bits per heavy atom. The summed E-state index contributed by atoms with van der Waals surface area (Å²) in [6.07, 6.45) is 6.06. The summed E-state index contributed by atoms with van der Waals surface area (Å²) in [6, 6.07) is 3.71. The third-order valence-electron chi connectivity index (χ3n) is 3.51. The van der Waals surface area contributed by atoms with Gasteiger partial charge in [0.2, 0.25) is 0 Å². The molecule has 1 aliphatic rings. The Hall–Kier alpha value is -1.62. The van der Waals surface area contributed by atoms with Crippen LogP contribution in [0.25, 0.3) is 0 Å². The highest BCUT2D eigenvalue weighted by molar-refractivity contribution is 5.92. The van der Waals surface area contributed by atoms with Crippen LogP contribution in [0.15, 0.2) is 18.3 Å². The van der Waals surface area contributed by atoms with Crippen LogP contribution in [-0.4, -0.2) is 16.9 Å². The minimum Gasteiger partial charge on any atom is -0.348 e. The van der Waals surface area contributed by atoms with E-state index in [0.717, 1.165) is 18.8 Å². The van der Waals surface area contributed by atoms with Gasteiger partial charge >= 0.3 is 0 Å². The van der Waals surface area contributed by atoms with E-state index in [9.17, 15) is 4.79 Å². The Morgan fingerprint density at radius 3 is 2.61 bits per heavy atom. The number of anilines is 1. The standard InChI is InChI=1S/C13H20N4O/c1-9-2-4-10(5-3-9)16-13(18)12-7-6-11(17-14)8-15-12/h6-10,17H,2-5,14H2,1H3,(H,16,18). The van der Waals surface area contributed by atoms with Gasteiger partial charge in [0.25, 0.3) is 5.91 Å². The van der Waals surface area contributed by atoms with Gasteiger partial charge in [0.15, 0.2) is 0 Å². The van der Waals surface area contributed by atoms with Crippen LogP contribution >= 0.6 is 0 Å². The first-order chi connectivity index (χ1) is 8.69. The third kappa shape index (κ3) is 3.20. The molecule has 0 unspecified atom stereocenters. The van der Waals surface area contributed by atoms with E-state index < -0.39 is 0 Å². The zero-order chi connectivity index (χ0) is 13.0. The van der Waals surface area contributed by atoms with Crippen LogP contribution < -0.4 is 16.6 Å². The Kier molecular flexibility index (Phi) is 4.15. The number of hydrazine groups is 1. The molecule has 1 amide bonds. The number of hydrogen-bond donors (Lipinski definition) is 3. The van der Waals surface area contributed by atoms with E-state index in [1.807, 2.05) is 0 Å². The molecule has 1 aromatic rings. The van der Waals surface area contributed by atoms with Crippen molar-refractivity contribution in [3.05, 3.63) is 24.0 Å². The van der Waals surface area contributed by atoms with Gasteiger partial charge in [-0.3, -0.25) is 10.6 Å². The lowest BCUT2D eigenvalue weighted by molar-refractivity contribution is 0.0918. The highest BCUT2D eigenvalue weighted by Crippen LogP contribution is 2.23. The molecule has 0 saturated heterocycles. The molecule has 1 heterocycles. The van der Waals surface area contributed by atoms with E-state index in [2.05, 4.69) is 22.7 Å². The largest absolute Gasteiger partial charge is 0.348 e. The van der Waals surface area contributed by atoms with E-state index in [4.69, 9.17) is 5.84 Å². The quantitative estimate of drug-likeness (QED) is 0.561. The number of nitrogens with two attached hydrogens (primary N) is 1. The molecule has 98 valence electrons. The Labute approximate surface area is 107 Å². The fourth-order valence-corrected chi connectivity index (χ4v) is 2.28. The number of pyridine rings is 1. The topological polar surface area (TPSA) is 80.0 Å². The summed E-state index contributed by atoms with van der Waals surface area (Å²) in [6.45, 7) is 2.26. The molecule has 1 fully saturated rings. The SMILES string of the molecule is CC1CCC(NC(=O)c2ccc(NN)cn2)CC1. The van der Waals surface area contributed by atoms with Crippen molar-refractivity contribution in [1.29, 1.82) is 0 Å². The molecule has 5 heteroatoms. The van der Waals surface area contributed by atoms with E-state index >= 15 is 0 Å². The van der Waals surface area contributed by atoms with Crippen LogP contribution in [0, 0.1) is 5.92 Å². The van der Waals surface area contributed by atoms with E-state index in [0.29, 0.717) is 17.4 Å². The van der Waals surface area contributed by atoms with Crippen LogP contribution in [0.2, 0.25) is 0 Å². The van der Waals surface area contributed by atoms with E-state index in [-0.39, 0.29) is 5.91 Å². The van der Waals surface area contributed by atoms with Gasteiger partial charge in [-0.25, -0.2) is 4.98 Å². The van der Waals surface area contributed by atoms with Crippen molar-refractivity contribution in [2.45, 2.75) is 38.6 Å². The first kappa shape index (κ1) is 12.8. The summed E-state index contributed by atoms with van der Waals surface area (Å²) < 4.78 is 0. The number of nitrogens with one attached hydrogen (secondary N) is 2. The van der Waals surface area contributed by atoms with Gasteiger partial charge in [-0.15, -0.1) is 0 Å². The van der Waals surface area contributed by atoms with Gasteiger partial charge in [-0.2, -0.15) is 0 Å². The molecule has 0 aromatic carbocycles. The van der Waals surface area contributed by atoms with Crippen molar-refractivity contribution in [2.75, 3.05) is 5.43 Å². The monoisotopic (exact) mass is 248 g/mol. The lowest BCUT2D eigenvalue weighted by atomic mass is 9.87. The van der Waals surface area contributed by atoms with Crippen molar-refractivity contribution in [3.63, 3.8) is 0 Å². The van der Waals surface area contributed by atoms with Gasteiger partial charge in [0.05, 0.1) is 11.9 Å². The zero-order valence-electron chi connectivity index (χ0n) is 10.6. The molecule has 5 nitrogen and oxygen atoms in total. The smallest absolute Gasteiger partial charge is 0.270 e. The van der Waals surface area contributed by atoms with Crippen LogP contribution in [0.1, 0.15) is 43.1 Å². The van der Waals surface area contributed by atoms with Crippen LogP contribution in [0.4, 0.5) is 5.69 Å². The van der Waals surface area contributed by atoms with Gasteiger partial charge in [-0.05, 0) is 43.7 Å². The minimum atomic E-state index is -0.0990. The number of rotatable bonds is 3. The average Bonchev–Trinajstić information content (AvgIpc) is 2.41. The highest BCUT2D eigenvalue weighted by Gasteiger charge is 2.20. The number of amides is 1. The summed E-state index contributed by atoms with van der Waals surface area (Å²) in [4.78, 5) is 16.0. The first-order valence-electron chi connectivity index (χ1n) is 6.42. The Balaban J connectivity index is 1.90. The van der Waals surface area contributed by atoms with Crippen molar-refractivity contribution >= 4 is 11.6 Å². The molecular formula is C13H20N4O. The molecule has 2 rings (SSSR count). The lowest BCUT2D eigenvalue weighted by Gasteiger charge is -2.26. The minimum absolute atomic E-state index is 0.0990. The molecule has 1 aliphatic carbocycles.